The normalized spacial score (nSPS) is 39.9. The molecule has 1 N–H and O–H groups in total. The highest BCUT2D eigenvalue weighted by atomic mass is 17.2. The van der Waals surface area contributed by atoms with Crippen molar-refractivity contribution in [2.45, 2.75) is 39.1 Å². The zero-order valence-electron chi connectivity index (χ0n) is 7.34. The second-order valence-corrected chi connectivity index (χ2v) is 3.36. The molecule has 0 aromatic heterocycles. The molecular formula is C8H14O3. The molecule has 1 atom stereocenters. The van der Waals surface area contributed by atoms with Crippen LogP contribution in [-0.4, -0.2) is 16.5 Å². The lowest BCUT2D eigenvalue weighted by Crippen LogP contribution is -2.29. The van der Waals surface area contributed by atoms with Gasteiger partial charge in [0, 0.05) is 5.57 Å². The number of aliphatic hydroxyl groups is 1. The summed E-state index contributed by atoms with van der Waals surface area (Å²) in [6, 6.07) is 0. The average molecular weight is 158 g/mol. The standard InChI is InChI=1S/C8H14O3/c1-5-6-7(2,3)10-11-8(6,4)9/h5,9H,1-4H3/b6-5-. The Kier molecular flexibility index (Phi) is 1.82. The van der Waals surface area contributed by atoms with Gasteiger partial charge in [-0.25, -0.2) is 4.89 Å². The van der Waals surface area contributed by atoms with Gasteiger partial charge in [-0.1, -0.05) is 6.08 Å². The second kappa shape index (κ2) is 2.30. The lowest BCUT2D eigenvalue weighted by atomic mass is 9.92. The van der Waals surface area contributed by atoms with Gasteiger partial charge in [0.25, 0.3) is 0 Å². The van der Waals surface area contributed by atoms with Crippen molar-refractivity contribution in [3.63, 3.8) is 0 Å². The van der Waals surface area contributed by atoms with E-state index in [0.29, 0.717) is 0 Å². The SMILES string of the molecule is C/C=C1/C(C)(C)OOC1(C)O. The summed E-state index contributed by atoms with van der Waals surface area (Å²) < 4.78 is 0. The summed E-state index contributed by atoms with van der Waals surface area (Å²) in [7, 11) is 0. The number of hydrogen-bond acceptors (Lipinski definition) is 3. The molecule has 0 aliphatic carbocycles. The molecule has 0 amide bonds. The Morgan fingerprint density at radius 1 is 1.27 bits per heavy atom. The summed E-state index contributed by atoms with van der Waals surface area (Å²) in [6.07, 6.45) is 1.81. The van der Waals surface area contributed by atoms with Crippen LogP contribution in [0.1, 0.15) is 27.7 Å². The summed E-state index contributed by atoms with van der Waals surface area (Å²) in [4.78, 5) is 9.69. The maximum Gasteiger partial charge on any atom is 0.221 e. The lowest BCUT2D eigenvalue weighted by Gasteiger charge is -2.18. The van der Waals surface area contributed by atoms with Gasteiger partial charge in [0.2, 0.25) is 5.79 Å². The Morgan fingerprint density at radius 2 is 1.82 bits per heavy atom. The van der Waals surface area contributed by atoms with Crippen molar-refractivity contribution in [2.24, 2.45) is 0 Å². The third kappa shape index (κ3) is 1.31. The van der Waals surface area contributed by atoms with E-state index in [0.717, 1.165) is 5.57 Å². The van der Waals surface area contributed by atoms with Crippen LogP contribution in [0.2, 0.25) is 0 Å². The highest BCUT2D eigenvalue weighted by Crippen LogP contribution is 2.38. The molecule has 1 rings (SSSR count). The topological polar surface area (TPSA) is 38.7 Å². The minimum absolute atomic E-state index is 0.516. The molecule has 1 aliphatic heterocycles. The fourth-order valence-electron chi connectivity index (χ4n) is 1.45. The van der Waals surface area contributed by atoms with Gasteiger partial charge in [-0.15, -0.1) is 0 Å². The second-order valence-electron chi connectivity index (χ2n) is 3.36. The third-order valence-corrected chi connectivity index (χ3v) is 1.85. The van der Waals surface area contributed by atoms with Crippen molar-refractivity contribution in [1.29, 1.82) is 0 Å². The highest BCUT2D eigenvalue weighted by Gasteiger charge is 2.47. The molecule has 1 heterocycles. The third-order valence-electron chi connectivity index (χ3n) is 1.85. The van der Waals surface area contributed by atoms with E-state index in [9.17, 15) is 5.11 Å². The quantitative estimate of drug-likeness (QED) is 0.427. The van der Waals surface area contributed by atoms with Gasteiger partial charge in [0.15, 0.2) is 0 Å². The summed E-state index contributed by atoms with van der Waals surface area (Å²) in [5.41, 5.74) is 0.239. The minimum Gasteiger partial charge on any atom is -0.360 e. The van der Waals surface area contributed by atoms with Crippen LogP contribution in [0.4, 0.5) is 0 Å². The number of allylic oxidation sites excluding steroid dienone is 1. The summed E-state index contributed by atoms with van der Waals surface area (Å²) >= 11 is 0. The van der Waals surface area contributed by atoms with Gasteiger partial charge in [-0.05, 0) is 27.7 Å². The minimum atomic E-state index is -1.27. The molecule has 0 aromatic rings. The zero-order valence-corrected chi connectivity index (χ0v) is 7.34. The van der Waals surface area contributed by atoms with E-state index in [4.69, 9.17) is 9.78 Å². The van der Waals surface area contributed by atoms with E-state index in [2.05, 4.69) is 0 Å². The molecule has 3 nitrogen and oxygen atoms in total. The van der Waals surface area contributed by atoms with E-state index in [1.807, 2.05) is 26.8 Å². The van der Waals surface area contributed by atoms with Gasteiger partial charge in [0.05, 0.1) is 0 Å². The summed E-state index contributed by atoms with van der Waals surface area (Å²) in [5, 5.41) is 9.57. The van der Waals surface area contributed by atoms with Crippen molar-refractivity contribution < 1.29 is 14.9 Å². The predicted octanol–water partition coefficient (Wildman–Crippen LogP) is 1.38. The molecule has 1 fully saturated rings. The fraction of sp³-hybridized carbons (Fsp3) is 0.750. The first-order chi connectivity index (χ1) is 4.90. The number of hydrogen-bond donors (Lipinski definition) is 1. The molecular weight excluding hydrogens is 144 g/mol. The smallest absolute Gasteiger partial charge is 0.221 e. The van der Waals surface area contributed by atoms with Crippen molar-refractivity contribution in [2.75, 3.05) is 0 Å². The molecule has 1 unspecified atom stereocenters. The first kappa shape index (κ1) is 8.71. The van der Waals surface area contributed by atoms with E-state index in [1.54, 1.807) is 6.92 Å². The van der Waals surface area contributed by atoms with Crippen LogP contribution in [-0.2, 0) is 9.78 Å². The molecule has 0 spiro atoms. The van der Waals surface area contributed by atoms with Crippen molar-refractivity contribution in [3.05, 3.63) is 11.6 Å². The monoisotopic (exact) mass is 158 g/mol. The van der Waals surface area contributed by atoms with Gasteiger partial charge in [-0.3, -0.25) is 0 Å². The maximum atomic E-state index is 9.57. The molecule has 0 saturated carbocycles. The molecule has 1 saturated heterocycles. The zero-order chi connectivity index (χ0) is 8.70. The van der Waals surface area contributed by atoms with E-state index in [1.165, 1.54) is 0 Å². The van der Waals surface area contributed by atoms with Gasteiger partial charge in [-0.2, -0.15) is 4.89 Å². The molecule has 0 bridgehead atoms. The van der Waals surface area contributed by atoms with Crippen molar-refractivity contribution in [1.82, 2.24) is 0 Å². The van der Waals surface area contributed by atoms with Gasteiger partial charge >= 0.3 is 0 Å². The summed E-state index contributed by atoms with van der Waals surface area (Å²) in [5.74, 6) is -1.27. The van der Waals surface area contributed by atoms with Gasteiger partial charge < -0.3 is 5.11 Å². The van der Waals surface area contributed by atoms with Crippen LogP contribution >= 0.6 is 0 Å². The average Bonchev–Trinajstić information content (AvgIpc) is 2.03. The Balaban J connectivity index is 2.99. The van der Waals surface area contributed by atoms with E-state index < -0.39 is 11.4 Å². The molecule has 11 heavy (non-hydrogen) atoms. The Bertz CT molecular complexity index is 174. The van der Waals surface area contributed by atoms with Crippen LogP contribution in [0.3, 0.4) is 0 Å². The highest BCUT2D eigenvalue weighted by molar-refractivity contribution is 5.22. The van der Waals surface area contributed by atoms with Gasteiger partial charge in [0.1, 0.15) is 5.60 Å². The van der Waals surface area contributed by atoms with E-state index in [-0.39, 0.29) is 0 Å². The van der Waals surface area contributed by atoms with Crippen LogP contribution in [0, 0.1) is 0 Å². The maximum absolute atomic E-state index is 9.57. The lowest BCUT2D eigenvalue weighted by molar-refractivity contribution is -0.383. The first-order valence-corrected chi connectivity index (χ1v) is 3.66. The van der Waals surface area contributed by atoms with Crippen LogP contribution in [0.25, 0.3) is 0 Å². The Morgan fingerprint density at radius 3 is 2.00 bits per heavy atom. The number of rotatable bonds is 0. The molecule has 0 radical (unpaired) electrons. The van der Waals surface area contributed by atoms with Crippen LogP contribution in [0.15, 0.2) is 11.6 Å². The molecule has 64 valence electrons. The fourth-order valence-corrected chi connectivity index (χ4v) is 1.45. The van der Waals surface area contributed by atoms with E-state index >= 15 is 0 Å². The molecule has 3 heteroatoms. The molecule has 0 aromatic carbocycles. The van der Waals surface area contributed by atoms with Crippen LogP contribution < -0.4 is 0 Å². The Hall–Kier alpha value is -0.380. The summed E-state index contributed by atoms with van der Waals surface area (Å²) in [6.45, 7) is 7.12. The largest absolute Gasteiger partial charge is 0.360 e. The Labute approximate surface area is 66.5 Å². The van der Waals surface area contributed by atoms with Crippen molar-refractivity contribution >= 4 is 0 Å². The van der Waals surface area contributed by atoms with Crippen LogP contribution in [0.5, 0.6) is 0 Å². The first-order valence-electron chi connectivity index (χ1n) is 3.66. The molecule has 1 aliphatic rings. The van der Waals surface area contributed by atoms with Crippen molar-refractivity contribution in [3.8, 4) is 0 Å². The predicted molar refractivity (Wildman–Crippen MR) is 40.6 cm³/mol.